The Kier molecular flexibility index (Phi) is 3.65. The van der Waals surface area contributed by atoms with E-state index in [1.807, 2.05) is 49.9 Å². The molecule has 0 saturated carbocycles. The molecule has 122 valence electrons. The first-order valence-corrected chi connectivity index (χ1v) is 9.09. The fourth-order valence-corrected chi connectivity index (χ4v) is 4.62. The van der Waals surface area contributed by atoms with Gasteiger partial charge in [0.05, 0.1) is 5.52 Å². The number of aromatic nitrogens is 1. The summed E-state index contributed by atoms with van der Waals surface area (Å²) in [6.45, 7) is 7.12. The van der Waals surface area contributed by atoms with Crippen molar-refractivity contribution in [3.05, 3.63) is 59.3 Å². The van der Waals surface area contributed by atoms with Crippen molar-refractivity contribution in [2.75, 3.05) is 5.32 Å². The number of hydrogen-bond donors (Lipinski definition) is 1. The molecule has 2 aromatic carbocycles. The molecule has 0 saturated heterocycles. The van der Waals surface area contributed by atoms with Crippen LogP contribution in [0.5, 0.6) is 0 Å². The van der Waals surface area contributed by atoms with Gasteiger partial charge in [-0.25, -0.2) is 0 Å². The Morgan fingerprint density at radius 2 is 1.88 bits per heavy atom. The quantitative estimate of drug-likeness (QED) is 0.714. The molecule has 0 aliphatic carbocycles. The lowest BCUT2D eigenvalue weighted by Crippen LogP contribution is -2.22. The molecule has 1 atom stereocenters. The number of carbonyl (C=O) groups excluding carboxylic acids is 1. The van der Waals surface area contributed by atoms with Crippen molar-refractivity contribution < 1.29 is 4.79 Å². The maximum atomic E-state index is 13.0. The monoisotopic (exact) mass is 336 g/mol. The predicted octanol–water partition coefficient (Wildman–Crippen LogP) is 5.00. The molecule has 4 rings (SSSR count). The summed E-state index contributed by atoms with van der Waals surface area (Å²) in [5, 5.41) is 4.72. The molecule has 0 fully saturated rings. The molecule has 1 aliphatic heterocycles. The number of nitrogens with one attached hydrogen (secondary N) is 1. The van der Waals surface area contributed by atoms with Crippen molar-refractivity contribution >= 4 is 34.3 Å². The predicted molar refractivity (Wildman–Crippen MR) is 101 cm³/mol. The van der Waals surface area contributed by atoms with Gasteiger partial charge in [0.1, 0.15) is 5.69 Å². The molecule has 24 heavy (non-hydrogen) atoms. The third-order valence-corrected chi connectivity index (χ3v) is 5.74. The SMILES string of the molecule is Cc1cccc(C)c1NC(=O)c1cc2cccc3c2n1CC(C)S3. The van der Waals surface area contributed by atoms with Crippen LogP contribution in [0.2, 0.25) is 0 Å². The summed E-state index contributed by atoms with van der Waals surface area (Å²) in [6.07, 6.45) is 0. The summed E-state index contributed by atoms with van der Waals surface area (Å²) in [6, 6.07) is 14.4. The van der Waals surface area contributed by atoms with E-state index in [9.17, 15) is 4.79 Å². The van der Waals surface area contributed by atoms with Crippen molar-refractivity contribution in [1.29, 1.82) is 0 Å². The van der Waals surface area contributed by atoms with Gasteiger partial charge in [-0.1, -0.05) is 37.3 Å². The van der Waals surface area contributed by atoms with E-state index in [2.05, 4.69) is 35.0 Å². The van der Waals surface area contributed by atoms with Crippen LogP contribution in [0.1, 0.15) is 28.5 Å². The standard InChI is InChI=1S/C20H20N2OS/c1-12-6-4-7-13(2)18(12)21-20(23)16-10-15-8-5-9-17-19(15)22(16)11-14(3)24-17/h4-10,14H,11H2,1-3H3,(H,21,23). The van der Waals surface area contributed by atoms with Crippen LogP contribution in [0.3, 0.4) is 0 Å². The summed E-state index contributed by atoms with van der Waals surface area (Å²) < 4.78 is 2.18. The van der Waals surface area contributed by atoms with E-state index in [-0.39, 0.29) is 5.91 Å². The van der Waals surface area contributed by atoms with E-state index in [4.69, 9.17) is 0 Å². The van der Waals surface area contributed by atoms with Crippen molar-refractivity contribution in [1.82, 2.24) is 4.57 Å². The molecule has 1 N–H and O–H groups in total. The van der Waals surface area contributed by atoms with Gasteiger partial charge in [-0.05, 0) is 37.1 Å². The molecule has 0 bridgehead atoms. The van der Waals surface area contributed by atoms with Gasteiger partial charge in [0.25, 0.3) is 5.91 Å². The zero-order valence-corrected chi connectivity index (χ0v) is 14.9. The summed E-state index contributed by atoms with van der Waals surface area (Å²) in [5.41, 5.74) is 5.02. The molecule has 1 unspecified atom stereocenters. The van der Waals surface area contributed by atoms with Gasteiger partial charge in [-0.15, -0.1) is 11.8 Å². The van der Waals surface area contributed by atoms with Crippen molar-refractivity contribution in [3.8, 4) is 0 Å². The van der Waals surface area contributed by atoms with Gasteiger partial charge >= 0.3 is 0 Å². The lowest BCUT2D eigenvalue weighted by Gasteiger charge is -2.23. The number of benzene rings is 2. The molecule has 2 heterocycles. The molecular formula is C20H20N2OS. The van der Waals surface area contributed by atoms with Crippen LogP contribution in [0.25, 0.3) is 10.9 Å². The molecule has 0 radical (unpaired) electrons. The Labute approximate surface area is 146 Å². The lowest BCUT2D eigenvalue weighted by atomic mass is 10.1. The number of hydrogen-bond acceptors (Lipinski definition) is 2. The first-order valence-electron chi connectivity index (χ1n) is 8.21. The topological polar surface area (TPSA) is 34.0 Å². The minimum absolute atomic E-state index is 0.0337. The Bertz CT molecular complexity index is 937. The Morgan fingerprint density at radius 3 is 2.62 bits per heavy atom. The lowest BCUT2D eigenvalue weighted by molar-refractivity contribution is 0.101. The Hall–Kier alpha value is -2.20. The maximum absolute atomic E-state index is 13.0. The highest BCUT2D eigenvalue weighted by Crippen LogP contribution is 2.38. The molecule has 3 aromatic rings. The molecule has 1 aliphatic rings. The van der Waals surface area contributed by atoms with E-state index in [1.165, 1.54) is 10.4 Å². The van der Waals surface area contributed by atoms with Crippen LogP contribution in [0.15, 0.2) is 47.4 Å². The second kappa shape index (κ2) is 5.71. The maximum Gasteiger partial charge on any atom is 0.272 e. The van der Waals surface area contributed by atoms with Crippen molar-refractivity contribution in [2.45, 2.75) is 37.5 Å². The number of para-hydroxylation sites is 2. The highest BCUT2D eigenvalue weighted by Gasteiger charge is 2.24. The van der Waals surface area contributed by atoms with E-state index >= 15 is 0 Å². The Balaban J connectivity index is 1.79. The van der Waals surface area contributed by atoms with Gasteiger partial charge in [-0.2, -0.15) is 0 Å². The van der Waals surface area contributed by atoms with Crippen molar-refractivity contribution in [2.24, 2.45) is 0 Å². The average molecular weight is 336 g/mol. The fourth-order valence-electron chi connectivity index (χ4n) is 3.46. The smallest absolute Gasteiger partial charge is 0.272 e. The fraction of sp³-hybridized carbons (Fsp3) is 0.250. The van der Waals surface area contributed by atoms with E-state index < -0.39 is 0 Å². The number of carbonyl (C=O) groups is 1. The minimum atomic E-state index is -0.0337. The van der Waals surface area contributed by atoms with Crippen LogP contribution in [-0.2, 0) is 6.54 Å². The minimum Gasteiger partial charge on any atom is -0.334 e. The summed E-state index contributed by atoms with van der Waals surface area (Å²) in [4.78, 5) is 14.2. The van der Waals surface area contributed by atoms with Crippen LogP contribution in [0, 0.1) is 13.8 Å². The summed E-state index contributed by atoms with van der Waals surface area (Å²) in [5.74, 6) is -0.0337. The number of rotatable bonds is 2. The molecule has 1 amide bonds. The zero-order chi connectivity index (χ0) is 16.8. The van der Waals surface area contributed by atoms with Crippen LogP contribution >= 0.6 is 11.8 Å². The second-order valence-corrected chi connectivity index (χ2v) is 7.96. The molecular weight excluding hydrogens is 316 g/mol. The molecule has 1 aromatic heterocycles. The zero-order valence-electron chi connectivity index (χ0n) is 14.1. The largest absolute Gasteiger partial charge is 0.334 e. The van der Waals surface area contributed by atoms with Crippen LogP contribution in [-0.4, -0.2) is 15.7 Å². The van der Waals surface area contributed by atoms with Crippen LogP contribution < -0.4 is 5.32 Å². The third kappa shape index (κ3) is 2.42. The van der Waals surface area contributed by atoms with Crippen molar-refractivity contribution in [3.63, 3.8) is 0 Å². The number of thioether (sulfide) groups is 1. The highest BCUT2D eigenvalue weighted by molar-refractivity contribution is 8.00. The van der Waals surface area contributed by atoms with Crippen LogP contribution in [0.4, 0.5) is 5.69 Å². The molecule has 3 nitrogen and oxygen atoms in total. The molecule has 0 spiro atoms. The van der Waals surface area contributed by atoms with E-state index in [0.717, 1.165) is 34.4 Å². The first kappa shape index (κ1) is 15.3. The number of nitrogens with zero attached hydrogens (tertiary/aromatic N) is 1. The van der Waals surface area contributed by atoms with Gasteiger partial charge in [0.15, 0.2) is 0 Å². The normalized spacial score (nSPS) is 16.4. The van der Waals surface area contributed by atoms with Gasteiger partial charge < -0.3 is 9.88 Å². The highest BCUT2D eigenvalue weighted by atomic mass is 32.2. The average Bonchev–Trinajstić information content (AvgIpc) is 2.91. The molecule has 4 heteroatoms. The summed E-state index contributed by atoms with van der Waals surface area (Å²) in [7, 11) is 0. The number of anilines is 1. The van der Waals surface area contributed by atoms with E-state index in [0.29, 0.717) is 5.25 Å². The van der Waals surface area contributed by atoms with Gasteiger partial charge in [0, 0.05) is 27.8 Å². The second-order valence-electron chi connectivity index (χ2n) is 6.48. The number of aryl methyl sites for hydroxylation is 2. The van der Waals surface area contributed by atoms with E-state index in [1.54, 1.807) is 0 Å². The first-order chi connectivity index (χ1) is 11.5. The van der Waals surface area contributed by atoms with Gasteiger partial charge in [-0.3, -0.25) is 4.79 Å². The van der Waals surface area contributed by atoms with Gasteiger partial charge in [0.2, 0.25) is 0 Å². The Morgan fingerprint density at radius 1 is 1.17 bits per heavy atom. The number of amides is 1. The summed E-state index contributed by atoms with van der Waals surface area (Å²) >= 11 is 1.89. The third-order valence-electron chi connectivity index (χ3n) is 4.60.